The van der Waals surface area contributed by atoms with E-state index in [0.29, 0.717) is 18.0 Å². The average Bonchev–Trinajstić information content (AvgIpc) is 2.45. The Morgan fingerprint density at radius 2 is 1.53 bits per heavy atom. The summed E-state index contributed by atoms with van der Waals surface area (Å²) in [5.41, 5.74) is 12.6. The molecule has 5 nitrogen and oxygen atoms in total. The fourth-order valence-electron chi connectivity index (χ4n) is 2.01. The fraction of sp³-hybridized carbons (Fsp3) is 0.571. The predicted molar refractivity (Wildman–Crippen MR) is 75.9 cm³/mol. The molecule has 0 aliphatic rings. The van der Waals surface area contributed by atoms with E-state index in [0.717, 1.165) is 30.6 Å². The Kier molecular flexibility index (Phi) is 6.45. The molecular weight excluding hydrogens is 244 g/mol. The second kappa shape index (κ2) is 7.86. The monoisotopic (exact) mass is 268 g/mol. The van der Waals surface area contributed by atoms with Crippen LogP contribution in [-0.4, -0.2) is 27.9 Å². The summed E-state index contributed by atoms with van der Waals surface area (Å²) < 4.78 is 15.9. The van der Waals surface area contributed by atoms with Crippen LogP contribution < -0.4 is 25.7 Å². The van der Waals surface area contributed by atoms with Crippen molar-refractivity contribution in [2.45, 2.75) is 25.3 Å². The topological polar surface area (TPSA) is 79.7 Å². The van der Waals surface area contributed by atoms with Gasteiger partial charge in [0, 0.05) is 17.7 Å². The Morgan fingerprint density at radius 1 is 0.947 bits per heavy atom. The van der Waals surface area contributed by atoms with Crippen molar-refractivity contribution in [2.24, 2.45) is 11.5 Å². The lowest BCUT2D eigenvalue weighted by atomic mass is 10.00. The molecule has 19 heavy (non-hydrogen) atoms. The maximum absolute atomic E-state index is 6.21. The van der Waals surface area contributed by atoms with E-state index >= 15 is 0 Å². The zero-order valence-corrected chi connectivity index (χ0v) is 11.9. The molecule has 0 unspecified atom stereocenters. The van der Waals surface area contributed by atoms with Crippen LogP contribution >= 0.6 is 0 Å². The van der Waals surface area contributed by atoms with Crippen molar-refractivity contribution in [2.75, 3.05) is 27.9 Å². The second-order valence-corrected chi connectivity index (χ2v) is 4.34. The quantitative estimate of drug-likeness (QED) is 0.703. The Bertz CT molecular complexity index is 397. The summed E-state index contributed by atoms with van der Waals surface area (Å²) in [5, 5.41) is 0. The van der Waals surface area contributed by atoms with Crippen molar-refractivity contribution in [1.29, 1.82) is 0 Å². The van der Waals surface area contributed by atoms with E-state index in [1.54, 1.807) is 27.4 Å². The third-order valence-electron chi connectivity index (χ3n) is 3.10. The largest absolute Gasteiger partial charge is 0.496 e. The molecule has 0 heterocycles. The van der Waals surface area contributed by atoms with Crippen molar-refractivity contribution < 1.29 is 14.2 Å². The standard InChI is InChI=1S/C14H24N2O3/c1-17-12-9-14(19-3)13(18-2)8-10(12)11(16)6-4-5-7-15/h8-9,11H,4-7,15-16H2,1-3H3/t11-/m1/s1. The Hall–Kier alpha value is -1.46. The van der Waals surface area contributed by atoms with E-state index in [9.17, 15) is 0 Å². The van der Waals surface area contributed by atoms with Crippen molar-refractivity contribution in [1.82, 2.24) is 0 Å². The molecule has 0 aromatic heterocycles. The number of hydrogen-bond donors (Lipinski definition) is 2. The molecule has 0 amide bonds. The van der Waals surface area contributed by atoms with Gasteiger partial charge < -0.3 is 25.7 Å². The molecule has 0 fully saturated rings. The normalized spacial score (nSPS) is 12.1. The van der Waals surface area contributed by atoms with E-state index in [1.165, 1.54) is 0 Å². The first kappa shape index (κ1) is 15.6. The number of methoxy groups -OCH3 is 3. The van der Waals surface area contributed by atoms with Crippen LogP contribution in [0.15, 0.2) is 12.1 Å². The number of unbranched alkanes of at least 4 members (excludes halogenated alkanes) is 1. The molecule has 0 saturated heterocycles. The molecule has 0 spiro atoms. The molecular formula is C14H24N2O3. The number of hydrogen-bond acceptors (Lipinski definition) is 5. The van der Waals surface area contributed by atoms with Gasteiger partial charge in [-0.15, -0.1) is 0 Å². The smallest absolute Gasteiger partial charge is 0.164 e. The predicted octanol–water partition coefficient (Wildman–Crippen LogP) is 1.84. The van der Waals surface area contributed by atoms with Crippen LogP contribution in [0.25, 0.3) is 0 Å². The summed E-state index contributed by atoms with van der Waals surface area (Å²) in [5.74, 6) is 2.02. The van der Waals surface area contributed by atoms with Gasteiger partial charge in [0.2, 0.25) is 0 Å². The lowest BCUT2D eigenvalue weighted by molar-refractivity contribution is 0.346. The zero-order chi connectivity index (χ0) is 14.3. The molecule has 1 rings (SSSR count). The maximum atomic E-state index is 6.21. The van der Waals surface area contributed by atoms with Gasteiger partial charge in [-0.1, -0.05) is 6.42 Å². The molecule has 0 aliphatic carbocycles. The first-order valence-corrected chi connectivity index (χ1v) is 6.43. The summed E-state index contributed by atoms with van der Waals surface area (Å²) >= 11 is 0. The highest BCUT2D eigenvalue weighted by Crippen LogP contribution is 2.37. The van der Waals surface area contributed by atoms with Gasteiger partial charge in [0.1, 0.15) is 5.75 Å². The zero-order valence-electron chi connectivity index (χ0n) is 11.9. The third-order valence-corrected chi connectivity index (χ3v) is 3.10. The van der Waals surface area contributed by atoms with Gasteiger partial charge in [-0.05, 0) is 25.5 Å². The first-order valence-electron chi connectivity index (χ1n) is 6.43. The molecule has 1 aromatic rings. The van der Waals surface area contributed by atoms with Crippen LogP contribution in [0.1, 0.15) is 30.9 Å². The van der Waals surface area contributed by atoms with Gasteiger partial charge in [0.15, 0.2) is 11.5 Å². The van der Waals surface area contributed by atoms with Crippen LogP contribution in [0, 0.1) is 0 Å². The minimum atomic E-state index is -0.0960. The van der Waals surface area contributed by atoms with Crippen molar-refractivity contribution in [3.8, 4) is 17.2 Å². The molecule has 1 aromatic carbocycles. The average molecular weight is 268 g/mol. The second-order valence-electron chi connectivity index (χ2n) is 4.34. The van der Waals surface area contributed by atoms with Crippen molar-refractivity contribution >= 4 is 0 Å². The summed E-state index contributed by atoms with van der Waals surface area (Å²) in [7, 11) is 4.82. The van der Waals surface area contributed by atoms with Gasteiger partial charge in [0.25, 0.3) is 0 Å². The highest BCUT2D eigenvalue weighted by molar-refractivity contribution is 5.51. The van der Waals surface area contributed by atoms with E-state index in [2.05, 4.69) is 0 Å². The van der Waals surface area contributed by atoms with Gasteiger partial charge >= 0.3 is 0 Å². The molecule has 5 heteroatoms. The van der Waals surface area contributed by atoms with E-state index in [-0.39, 0.29) is 6.04 Å². The van der Waals surface area contributed by atoms with Gasteiger partial charge in [0.05, 0.1) is 21.3 Å². The van der Waals surface area contributed by atoms with Crippen LogP contribution in [0.5, 0.6) is 17.2 Å². The summed E-state index contributed by atoms with van der Waals surface area (Å²) in [4.78, 5) is 0. The van der Waals surface area contributed by atoms with E-state index in [1.807, 2.05) is 6.07 Å². The minimum absolute atomic E-state index is 0.0960. The lowest BCUT2D eigenvalue weighted by Crippen LogP contribution is -2.13. The third kappa shape index (κ3) is 4.01. The van der Waals surface area contributed by atoms with Crippen LogP contribution in [0.4, 0.5) is 0 Å². The molecule has 0 aliphatic heterocycles. The van der Waals surface area contributed by atoms with E-state index in [4.69, 9.17) is 25.7 Å². The van der Waals surface area contributed by atoms with Crippen LogP contribution in [0.3, 0.4) is 0 Å². The number of ether oxygens (including phenoxy) is 3. The Balaban J connectivity index is 2.97. The summed E-state index contributed by atoms with van der Waals surface area (Å²) in [6.45, 7) is 0.690. The number of rotatable bonds is 8. The van der Waals surface area contributed by atoms with Crippen molar-refractivity contribution in [3.63, 3.8) is 0 Å². The molecule has 0 saturated carbocycles. The van der Waals surface area contributed by atoms with Crippen LogP contribution in [-0.2, 0) is 0 Å². The summed E-state index contributed by atoms with van der Waals surface area (Å²) in [6, 6.07) is 3.59. The van der Waals surface area contributed by atoms with Gasteiger partial charge in [-0.3, -0.25) is 0 Å². The molecule has 0 bridgehead atoms. The molecule has 1 atom stereocenters. The lowest BCUT2D eigenvalue weighted by Gasteiger charge is -2.18. The van der Waals surface area contributed by atoms with Crippen molar-refractivity contribution in [3.05, 3.63) is 17.7 Å². The number of nitrogens with two attached hydrogens (primary N) is 2. The minimum Gasteiger partial charge on any atom is -0.496 e. The van der Waals surface area contributed by atoms with Crippen LogP contribution in [0.2, 0.25) is 0 Å². The molecule has 108 valence electrons. The van der Waals surface area contributed by atoms with E-state index < -0.39 is 0 Å². The van der Waals surface area contributed by atoms with Gasteiger partial charge in [-0.25, -0.2) is 0 Å². The molecule has 0 radical (unpaired) electrons. The van der Waals surface area contributed by atoms with Gasteiger partial charge in [-0.2, -0.15) is 0 Å². The highest BCUT2D eigenvalue weighted by atomic mass is 16.5. The first-order chi connectivity index (χ1) is 9.17. The maximum Gasteiger partial charge on any atom is 0.164 e. The summed E-state index contributed by atoms with van der Waals surface area (Å²) in [6.07, 6.45) is 2.83. The molecule has 4 N–H and O–H groups in total. The Morgan fingerprint density at radius 3 is 2.05 bits per heavy atom. The number of benzene rings is 1. The SMILES string of the molecule is COc1cc(OC)c([C@H](N)CCCCN)cc1OC. The Labute approximate surface area is 114 Å². The fourth-order valence-corrected chi connectivity index (χ4v) is 2.01. The highest BCUT2D eigenvalue weighted by Gasteiger charge is 2.16.